The van der Waals surface area contributed by atoms with Gasteiger partial charge in [-0.1, -0.05) is 48.5 Å². The first kappa shape index (κ1) is 16.1. The Hall–Kier alpha value is -4.06. The topological polar surface area (TPSA) is 82.9 Å². The Labute approximate surface area is 160 Å². The van der Waals surface area contributed by atoms with Crippen LogP contribution in [-0.2, 0) is 0 Å². The molecular formula is C22H14N4O2. The number of amides is 2. The number of benzene rings is 3. The number of nitrogens with one attached hydrogen (secondary N) is 2. The van der Waals surface area contributed by atoms with Crippen LogP contribution in [0.4, 0.5) is 11.4 Å². The highest BCUT2D eigenvalue weighted by Crippen LogP contribution is 2.30. The van der Waals surface area contributed by atoms with Gasteiger partial charge < -0.3 is 10.6 Å². The van der Waals surface area contributed by atoms with Gasteiger partial charge in [0.2, 0.25) is 0 Å². The molecule has 2 heterocycles. The number of amidine groups is 2. The van der Waals surface area contributed by atoms with Crippen molar-refractivity contribution in [1.82, 2.24) is 10.6 Å². The average molecular weight is 366 g/mol. The van der Waals surface area contributed by atoms with E-state index in [9.17, 15) is 9.59 Å². The molecule has 0 saturated heterocycles. The summed E-state index contributed by atoms with van der Waals surface area (Å²) >= 11 is 0. The number of aliphatic imine (C=N–C) groups is 2. The highest BCUT2D eigenvalue weighted by molar-refractivity contribution is 6.25. The molecule has 0 radical (unpaired) electrons. The Morgan fingerprint density at radius 2 is 0.857 bits per heavy atom. The van der Waals surface area contributed by atoms with Gasteiger partial charge in [-0.15, -0.1) is 0 Å². The van der Waals surface area contributed by atoms with Crippen LogP contribution >= 0.6 is 0 Å². The molecule has 0 unspecified atom stereocenters. The lowest BCUT2D eigenvalue weighted by molar-refractivity contribution is 0.0975. The van der Waals surface area contributed by atoms with E-state index in [1.165, 1.54) is 0 Å². The van der Waals surface area contributed by atoms with Gasteiger partial charge in [-0.2, -0.15) is 0 Å². The Bertz CT molecular complexity index is 1120. The Balaban J connectivity index is 1.59. The minimum atomic E-state index is -0.171. The SMILES string of the molecule is O=C1NC(=Nc2ccccc2N=C2NC(=O)c3ccccc32)c2ccccc21. The number of carbonyl (C=O) groups excluding carboxylic acids is 2. The summed E-state index contributed by atoms with van der Waals surface area (Å²) in [6.07, 6.45) is 0. The van der Waals surface area contributed by atoms with Crippen molar-refractivity contribution >= 4 is 34.9 Å². The first-order chi connectivity index (χ1) is 13.7. The average Bonchev–Trinajstić information content (AvgIpc) is 3.21. The molecule has 2 aliphatic rings. The van der Waals surface area contributed by atoms with Crippen LogP contribution in [0.3, 0.4) is 0 Å². The molecule has 6 nitrogen and oxygen atoms in total. The summed E-state index contributed by atoms with van der Waals surface area (Å²) in [5, 5.41) is 5.61. The minimum Gasteiger partial charge on any atom is -0.306 e. The maximum atomic E-state index is 12.1. The molecule has 0 aromatic heterocycles. The summed E-state index contributed by atoms with van der Waals surface area (Å²) < 4.78 is 0. The van der Waals surface area contributed by atoms with Crippen LogP contribution in [0.5, 0.6) is 0 Å². The van der Waals surface area contributed by atoms with Gasteiger partial charge in [0.1, 0.15) is 11.7 Å². The van der Waals surface area contributed by atoms with Crippen LogP contribution in [0, 0.1) is 0 Å². The van der Waals surface area contributed by atoms with Crippen molar-refractivity contribution in [1.29, 1.82) is 0 Å². The number of para-hydroxylation sites is 2. The summed E-state index contributed by atoms with van der Waals surface area (Å²) in [6, 6.07) is 22.0. The van der Waals surface area contributed by atoms with Crippen LogP contribution in [0.25, 0.3) is 0 Å². The lowest BCUT2D eigenvalue weighted by Crippen LogP contribution is -2.21. The fraction of sp³-hybridized carbons (Fsp3) is 0. The van der Waals surface area contributed by atoms with E-state index in [0.717, 1.165) is 11.1 Å². The highest BCUT2D eigenvalue weighted by atomic mass is 16.2. The van der Waals surface area contributed by atoms with Gasteiger partial charge in [0.25, 0.3) is 11.8 Å². The smallest absolute Gasteiger partial charge is 0.257 e. The standard InChI is InChI=1S/C22H14N4O2/c27-21-15-9-3-1-7-13(15)19(25-21)23-17-11-5-6-12-18(17)24-20-14-8-2-4-10-16(14)22(28)26-20/h1-12H,(H,23,25,27)(H,24,26,28). The van der Waals surface area contributed by atoms with Gasteiger partial charge in [0.05, 0.1) is 22.5 Å². The maximum Gasteiger partial charge on any atom is 0.257 e. The summed E-state index contributed by atoms with van der Waals surface area (Å²) in [5.41, 5.74) is 3.91. The predicted octanol–water partition coefficient (Wildman–Crippen LogP) is 3.33. The van der Waals surface area contributed by atoms with Crippen LogP contribution in [-0.4, -0.2) is 23.5 Å². The second-order valence-corrected chi connectivity index (χ2v) is 6.41. The molecule has 0 atom stereocenters. The van der Waals surface area contributed by atoms with E-state index >= 15 is 0 Å². The van der Waals surface area contributed by atoms with E-state index in [1.807, 2.05) is 60.7 Å². The van der Waals surface area contributed by atoms with E-state index < -0.39 is 0 Å². The molecule has 3 aromatic carbocycles. The zero-order valence-corrected chi connectivity index (χ0v) is 14.6. The number of carbonyl (C=O) groups is 2. The molecule has 0 spiro atoms. The Kier molecular flexibility index (Phi) is 3.62. The van der Waals surface area contributed by atoms with Crippen LogP contribution in [0.2, 0.25) is 0 Å². The summed E-state index contributed by atoms with van der Waals surface area (Å²) in [7, 11) is 0. The number of rotatable bonds is 2. The van der Waals surface area contributed by atoms with E-state index in [2.05, 4.69) is 20.6 Å². The zero-order valence-electron chi connectivity index (χ0n) is 14.6. The van der Waals surface area contributed by atoms with Crippen LogP contribution in [0.1, 0.15) is 31.8 Å². The minimum absolute atomic E-state index is 0.171. The Morgan fingerprint density at radius 3 is 1.29 bits per heavy atom. The summed E-state index contributed by atoms with van der Waals surface area (Å²) in [6.45, 7) is 0. The van der Waals surface area contributed by atoms with Crippen molar-refractivity contribution in [3.63, 3.8) is 0 Å². The second kappa shape index (κ2) is 6.28. The van der Waals surface area contributed by atoms with Crippen molar-refractivity contribution in [3.8, 4) is 0 Å². The van der Waals surface area contributed by atoms with Gasteiger partial charge in [-0.05, 0) is 24.3 Å². The largest absolute Gasteiger partial charge is 0.306 e. The van der Waals surface area contributed by atoms with E-state index in [0.29, 0.717) is 34.2 Å². The molecule has 2 aliphatic heterocycles. The molecule has 3 aromatic rings. The fourth-order valence-electron chi connectivity index (χ4n) is 3.33. The molecule has 2 N–H and O–H groups in total. The van der Waals surface area contributed by atoms with E-state index in [4.69, 9.17) is 0 Å². The number of hydrogen-bond acceptors (Lipinski definition) is 4. The van der Waals surface area contributed by atoms with Gasteiger partial charge in [-0.25, -0.2) is 9.98 Å². The highest BCUT2D eigenvalue weighted by Gasteiger charge is 2.26. The predicted molar refractivity (Wildman–Crippen MR) is 107 cm³/mol. The monoisotopic (exact) mass is 366 g/mol. The Morgan fingerprint density at radius 1 is 0.500 bits per heavy atom. The third-order valence-corrected chi connectivity index (χ3v) is 4.66. The normalized spacial score (nSPS) is 17.4. The molecule has 0 aliphatic carbocycles. The molecule has 0 saturated carbocycles. The van der Waals surface area contributed by atoms with Crippen molar-refractivity contribution in [3.05, 3.63) is 95.1 Å². The molecule has 2 amide bonds. The van der Waals surface area contributed by atoms with Crippen molar-refractivity contribution in [2.45, 2.75) is 0 Å². The summed E-state index contributed by atoms with van der Waals surface area (Å²) in [4.78, 5) is 33.5. The van der Waals surface area contributed by atoms with E-state index in [1.54, 1.807) is 12.1 Å². The lowest BCUT2D eigenvalue weighted by Gasteiger charge is -2.05. The first-order valence-electron chi connectivity index (χ1n) is 8.78. The molecule has 0 bridgehead atoms. The van der Waals surface area contributed by atoms with Gasteiger partial charge in [0.15, 0.2) is 0 Å². The molecule has 6 heteroatoms. The third kappa shape index (κ3) is 2.59. The molecular weight excluding hydrogens is 352 g/mol. The van der Waals surface area contributed by atoms with Gasteiger partial charge in [-0.3, -0.25) is 9.59 Å². The number of fused-ring (bicyclic) bond motifs is 2. The zero-order chi connectivity index (χ0) is 19.1. The first-order valence-corrected chi connectivity index (χ1v) is 8.78. The molecule has 134 valence electrons. The number of nitrogens with zero attached hydrogens (tertiary/aromatic N) is 2. The quantitative estimate of drug-likeness (QED) is 0.729. The van der Waals surface area contributed by atoms with E-state index in [-0.39, 0.29) is 11.8 Å². The summed E-state index contributed by atoms with van der Waals surface area (Å²) in [5.74, 6) is 0.637. The van der Waals surface area contributed by atoms with Crippen LogP contribution < -0.4 is 10.6 Å². The third-order valence-electron chi connectivity index (χ3n) is 4.66. The maximum absolute atomic E-state index is 12.1. The molecule has 0 fully saturated rings. The van der Waals surface area contributed by atoms with Gasteiger partial charge in [0, 0.05) is 11.1 Å². The van der Waals surface area contributed by atoms with Crippen LogP contribution in [0.15, 0.2) is 82.8 Å². The fourth-order valence-corrected chi connectivity index (χ4v) is 3.33. The molecule has 28 heavy (non-hydrogen) atoms. The van der Waals surface area contributed by atoms with Crippen molar-refractivity contribution in [2.24, 2.45) is 9.98 Å². The lowest BCUT2D eigenvalue weighted by atomic mass is 10.1. The van der Waals surface area contributed by atoms with Gasteiger partial charge >= 0.3 is 0 Å². The molecule has 5 rings (SSSR count). The van der Waals surface area contributed by atoms with Crippen molar-refractivity contribution in [2.75, 3.05) is 0 Å². The second-order valence-electron chi connectivity index (χ2n) is 6.41. The number of hydrogen-bond donors (Lipinski definition) is 2. The van der Waals surface area contributed by atoms with Crippen molar-refractivity contribution < 1.29 is 9.59 Å².